The van der Waals surface area contributed by atoms with Crippen molar-refractivity contribution in [2.45, 2.75) is 4.90 Å². The van der Waals surface area contributed by atoms with Crippen LogP contribution in [0, 0.1) is 0 Å². The highest BCUT2D eigenvalue weighted by Gasteiger charge is 2.04. The molecule has 0 aliphatic carbocycles. The Kier molecular flexibility index (Phi) is 2.67. The minimum Gasteiger partial charge on any atom is -0.323 e. The van der Waals surface area contributed by atoms with Crippen LogP contribution in [0.4, 0.5) is 0 Å². The van der Waals surface area contributed by atoms with E-state index < -0.39 is 9.84 Å². The van der Waals surface area contributed by atoms with Crippen molar-refractivity contribution in [3.8, 4) is 0 Å². The Morgan fingerprint density at radius 1 is 1.31 bits per heavy atom. The quantitative estimate of drug-likeness (QED) is 0.424. The van der Waals surface area contributed by atoms with Crippen LogP contribution in [-0.4, -0.2) is 20.9 Å². The molecule has 0 aliphatic heterocycles. The SMILES string of the molecule is CS(=O)(=O)c1ccc(C=NN)cc1. The smallest absolute Gasteiger partial charge is 0.175 e. The van der Waals surface area contributed by atoms with E-state index in [-0.39, 0.29) is 0 Å². The molecule has 2 N–H and O–H groups in total. The van der Waals surface area contributed by atoms with Crippen LogP contribution in [0.2, 0.25) is 0 Å². The van der Waals surface area contributed by atoms with Crippen molar-refractivity contribution in [2.24, 2.45) is 10.9 Å². The van der Waals surface area contributed by atoms with Crippen molar-refractivity contribution in [1.82, 2.24) is 0 Å². The topological polar surface area (TPSA) is 72.5 Å². The third kappa shape index (κ3) is 2.55. The first kappa shape index (κ1) is 9.73. The first-order chi connectivity index (χ1) is 6.04. The minimum atomic E-state index is -3.11. The summed E-state index contributed by atoms with van der Waals surface area (Å²) in [7, 11) is -3.11. The summed E-state index contributed by atoms with van der Waals surface area (Å²) in [5.74, 6) is 4.94. The molecular weight excluding hydrogens is 188 g/mol. The van der Waals surface area contributed by atoms with Gasteiger partial charge in [-0.2, -0.15) is 5.10 Å². The van der Waals surface area contributed by atoms with Crippen LogP contribution < -0.4 is 5.84 Å². The van der Waals surface area contributed by atoms with Gasteiger partial charge in [0.2, 0.25) is 0 Å². The molecule has 1 aromatic rings. The van der Waals surface area contributed by atoms with E-state index in [4.69, 9.17) is 5.84 Å². The first-order valence-corrected chi connectivity index (χ1v) is 5.46. The Hall–Kier alpha value is -1.36. The molecule has 0 aliphatic rings. The van der Waals surface area contributed by atoms with Crippen molar-refractivity contribution in [2.75, 3.05) is 6.26 Å². The van der Waals surface area contributed by atoms with Gasteiger partial charge in [0.25, 0.3) is 0 Å². The number of sulfone groups is 1. The van der Waals surface area contributed by atoms with Gasteiger partial charge in [0.15, 0.2) is 9.84 Å². The van der Waals surface area contributed by atoms with E-state index in [1.54, 1.807) is 12.1 Å². The minimum absolute atomic E-state index is 0.293. The molecule has 4 nitrogen and oxygen atoms in total. The van der Waals surface area contributed by atoms with E-state index in [0.29, 0.717) is 4.90 Å². The Morgan fingerprint density at radius 3 is 2.23 bits per heavy atom. The van der Waals surface area contributed by atoms with E-state index in [1.165, 1.54) is 24.6 Å². The molecule has 1 aromatic carbocycles. The van der Waals surface area contributed by atoms with Crippen molar-refractivity contribution in [1.29, 1.82) is 0 Å². The zero-order valence-corrected chi connectivity index (χ0v) is 7.95. The van der Waals surface area contributed by atoms with Crippen LogP contribution in [0.25, 0.3) is 0 Å². The van der Waals surface area contributed by atoms with Gasteiger partial charge in [0.05, 0.1) is 11.1 Å². The van der Waals surface area contributed by atoms with E-state index in [0.717, 1.165) is 5.56 Å². The number of nitrogens with zero attached hydrogens (tertiary/aromatic N) is 1. The molecule has 1 rings (SSSR count). The lowest BCUT2D eigenvalue weighted by Crippen LogP contribution is -1.96. The van der Waals surface area contributed by atoms with Crippen LogP contribution in [0.5, 0.6) is 0 Å². The summed E-state index contributed by atoms with van der Waals surface area (Å²) in [6.07, 6.45) is 2.62. The number of rotatable bonds is 2. The summed E-state index contributed by atoms with van der Waals surface area (Å²) >= 11 is 0. The Labute approximate surface area is 77.0 Å². The number of hydrazone groups is 1. The predicted octanol–water partition coefficient (Wildman–Crippen LogP) is 0.383. The first-order valence-electron chi connectivity index (χ1n) is 3.57. The summed E-state index contributed by atoms with van der Waals surface area (Å²) in [4.78, 5) is 0.293. The fraction of sp³-hybridized carbons (Fsp3) is 0.125. The average Bonchev–Trinajstić information content (AvgIpc) is 2.04. The van der Waals surface area contributed by atoms with E-state index in [1.807, 2.05) is 0 Å². The zero-order valence-electron chi connectivity index (χ0n) is 7.14. The van der Waals surface area contributed by atoms with Gasteiger partial charge in [-0.3, -0.25) is 0 Å². The lowest BCUT2D eigenvalue weighted by atomic mass is 10.2. The second-order valence-corrected chi connectivity index (χ2v) is 4.64. The third-order valence-corrected chi connectivity index (χ3v) is 2.66. The molecule has 0 bridgehead atoms. The van der Waals surface area contributed by atoms with Crippen molar-refractivity contribution < 1.29 is 8.42 Å². The highest BCUT2D eigenvalue weighted by Crippen LogP contribution is 2.08. The molecule has 0 amide bonds. The van der Waals surface area contributed by atoms with Gasteiger partial charge in [-0.05, 0) is 17.7 Å². The molecule has 0 unspecified atom stereocenters. The fourth-order valence-corrected chi connectivity index (χ4v) is 1.52. The second kappa shape index (κ2) is 3.57. The van der Waals surface area contributed by atoms with Gasteiger partial charge < -0.3 is 5.84 Å². The molecule has 70 valence electrons. The molecule has 5 heteroatoms. The van der Waals surface area contributed by atoms with Gasteiger partial charge in [-0.1, -0.05) is 12.1 Å². The van der Waals surface area contributed by atoms with Crippen molar-refractivity contribution in [3.05, 3.63) is 29.8 Å². The molecule has 0 radical (unpaired) electrons. The Morgan fingerprint density at radius 2 is 1.85 bits per heavy atom. The molecule has 0 spiro atoms. The van der Waals surface area contributed by atoms with E-state index >= 15 is 0 Å². The van der Waals surface area contributed by atoms with E-state index in [2.05, 4.69) is 5.10 Å². The maximum absolute atomic E-state index is 11.0. The monoisotopic (exact) mass is 198 g/mol. The van der Waals surface area contributed by atoms with Gasteiger partial charge in [-0.15, -0.1) is 0 Å². The fourth-order valence-electron chi connectivity index (χ4n) is 0.887. The van der Waals surface area contributed by atoms with Crippen LogP contribution >= 0.6 is 0 Å². The van der Waals surface area contributed by atoms with Crippen LogP contribution in [0.15, 0.2) is 34.3 Å². The molecule has 0 heterocycles. The van der Waals surface area contributed by atoms with Crippen molar-refractivity contribution in [3.63, 3.8) is 0 Å². The number of hydrogen-bond donors (Lipinski definition) is 1. The van der Waals surface area contributed by atoms with Gasteiger partial charge in [0, 0.05) is 6.26 Å². The van der Waals surface area contributed by atoms with E-state index in [9.17, 15) is 8.42 Å². The molecule has 0 aromatic heterocycles. The average molecular weight is 198 g/mol. The standard InChI is InChI=1S/C8H10N2O2S/c1-13(11,12)8-4-2-7(3-5-8)6-10-9/h2-6H,9H2,1H3. The summed E-state index contributed by atoms with van der Waals surface area (Å²) in [6.45, 7) is 0. The summed E-state index contributed by atoms with van der Waals surface area (Å²) < 4.78 is 22.1. The molecular formula is C8H10N2O2S. The number of benzene rings is 1. The van der Waals surface area contributed by atoms with Crippen LogP contribution in [-0.2, 0) is 9.84 Å². The second-order valence-electron chi connectivity index (χ2n) is 2.62. The zero-order chi connectivity index (χ0) is 9.90. The van der Waals surface area contributed by atoms with Gasteiger partial charge >= 0.3 is 0 Å². The maximum atomic E-state index is 11.0. The maximum Gasteiger partial charge on any atom is 0.175 e. The van der Waals surface area contributed by atoms with Crippen LogP contribution in [0.1, 0.15) is 5.56 Å². The third-order valence-electron chi connectivity index (χ3n) is 1.53. The normalized spacial score (nSPS) is 12.1. The summed E-state index contributed by atoms with van der Waals surface area (Å²) in [5.41, 5.74) is 0.773. The molecule has 0 fully saturated rings. The summed E-state index contributed by atoms with van der Waals surface area (Å²) in [5, 5.41) is 3.32. The largest absolute Gasteiger partial charge is 0.323 e. The van der Waals surface area contributed by atoms with Gasteiger partial charge in [0.1, 0.15) is 0 Å². The lowest BCUT2D eigenvalue weighted by Gasteiger charge is -1.97. The molecule has 0 saturated heterocycles. The lowest BCUT2D eigenvalue weighted by molar-refractivity contribution is 0.602. The highest BCUT2D eigenvalue weighted by molar-refractivity contribution is 7.90. The Balaban J connectivity index is 3.08. The van der Waals surface area contributed by atoms with Crippen molar-refractivity contribution >= 4 is 16.1 Å². The number of nitrogens with two attached hydrogens (primary N) is 1. The molecule has 0 saturated carbocycles. The highest BCUT2D eigenvalue weighted by atomic mass is 32.2. The molecule has 13 heavy (non-hydrogen) atoms. The summed E-state index contributed by atoms with van der Waals surface area (Å²) in [6, 6.07) is 6.33. The van der Waals surface area contributed by atoms with Gasteiger partial charge in [-0.25, -0.2) is 8.42 Å². The number of hydrogen-bond acceptors (Lipinski definition) is 4. The molecule has 0 atom stereocenters. The van der Waals surface area contributed by atoms with Crippen LogP contribution in [0.3, 0.4) is 0 Å². The Bertz CT molecular complexity index is 406. The predicted molar refractivity (Wildman–Crippen MR) is 51.3 cm³/mol.